The molecule has 3 atom stereocenters. The van der Waals surface area contributed by atoms with Crippen molar-refractivity contribution in [1.82, 2.24) is 15.5 Å². The number of rotatable bonds is 17. The van der Waals surface area contributed by atoms with E-state index in [1.165, 1.54) is 0 Å². The molecule has 2 aromatic carbocycles. The van der Waals surface area contributed by atoms with Gasteiger partial charge in [-0.1, -0.05) is 60.7 Å². The summed E-state index contributed by atoms with van der Waals surface area (Å²) in [7, 11) is 1.77. The number of unbranched alkanes of at least 4 members (excludes halogenated alkanes) is 1. The third-order valence-corrected chi connectivity index (χ3v) is 6.24. The predicted octanol–water partition coefficient (Wildman–Crippen LogP) is 1.25. The lowest BCUT2D eigenvalue weighted by Crippen LogP contribution is -2.57. The van der Waals surface area contributed by atoms with Crippen LogP contribution in [0.5, 0.6) is 0 Å². The van der Waals surface area contributed by atoms with Crippen LogP contribution in [-0.2, 0) is 32.0 Å². The highest BCUT2D eigenvalue weighted by Gasteiger charge is 2.35. The highest BCUT2D eigenvalue weighted by atomic mass is 16.2. The fourth-order valence-corrected chi connectivity index (χ4v) is 4.17. The minimum absolute atomic E-state index is 0.0660. The van der Waals surface area contributed by atoms with Crippen LogP contribution in [0, 0.1) is 0 Å². The van der Waals surface area contributed by atoms with Crippen LogP contribution in [0.4, 0.5) is 0 Å². The average Bonchev–Trinajstić information content (AvgIpc) is 2.93. The van der Waals surface area contributed by atoms with Gasteiger partial charge in [0.1, 0.15) is 12.1 Å². The summed E-state index contributed by atoms with van der Waals surface area (Å²) in [4.78, 5) is 53.2. The minimum atomic E-state index is -1.13. The molecule has 0 aliphatic heterocycles. The second-order valence-corrected chi connectivity index (χ2v) is 9.27. The lowest BCUT2D eigenvalue weighted by molar-refractivity contribution is -0.149. The molecule has 0 aromatic heterocycles. The summed E-state index contributed by atoms with van der Waals surface area (Å²) < 4.78 is 0. The Morgan fingerprint density at radius 3 is 2.08 bits per heavy atom. The molecule has 0 heterocycles. The van der Waals surface area contributed by atoms with Crippen LogP contribution in [0.3, 0.4) is 0 Å². The van der Waals surface area contributed by atoms with Crippen molar-refractivity contribution in [3.05, 3.63) is 71.8 Å². The number of nitrogens with one attached hydrogen (secondary N) is 2. The van der Waals surface area contributed by atoms with Gasteiger partial charge >= 0.3 is 0 Å². The van der Waals surface area contributed by atoms with Crippen LogP contribution in [0.2, 0.25) is 0 Å². The Kier molecular flexibility index (Phi) is 13.9. The number of hydrogen-bond donors (Lipinski definition) is 4. The van der Waals surface area contributed by atoms with Crippen LogP contribution in [0.25, 0.3) is 0 Å². The van der Waals surface area contributed by atoms with Crippen molar-refractivity contribution in [2.24, 2.45) is 11.5 Å². The average molecular weight is 523 g/mol. The van der Waals surface area contributed by atoms with Gasteiger partial charge in [-0.2, -0.15) is 0 Å². The van der Waals surface area contributed by atoms with E-state index in [0.29, 0.717) is 38.8 Å². The Bertz CT molecular complexity index is 1000. The quantitative estimate of drug-likeness (QED) is 0.229. The zero-order valence-electron chi connectivity index (χ0n) is 22.1. The molecule has 0 bridgehead atoms. The number of amides is 3. The van der Waals surface area contributed by atoms with E-state index in [4.69, 9.17) is 11.5 Å². The summed E-state index contributed by atoms with van der Waals surface area (Å²) in [6.07, 6.45) is 4.32. The normalized spacial score (nSPS) is 13.2. The van der Waals surface area contributed by atoms with E-state index in [-0.39, 0.29) is 19.3 Å². The Hall–Kier alpha value is -3.40. The molecule has 3 amide bonds. The van der Waals surface area contributed by atoms with Crippen molar-refractivity contribution >= 4 is 24.0 Å². The minimum Gasteiger partial charge on any atom is -0.343 e. The molecule has 0 aliphatic rings. The summed E-state index contributed by atoms with van der Waals surface area (Å²) in [5.74, 6) is -1.63. The Labute approximate surface area is 225 Å². The molecule has 1 radical (unpaired) electrons. The fraction of sp³-hybridized carbons (Fsp3) is 0.448. The van der Waals surface area contributed by atoms with Gasteiger partial charge in [0, 0.05) is 12.8 Å². The van der Waals surface area contributed by atoms with Gasteiger partial charge in [-0.25, -0.2) is 0 Å². The zero-order chi connectivity index (χ0) is 27.8. The van der Waals surface area contributed by atoms with Crippen molar-refractivity contribution in [2.75, 3.05) is 20.1 Å². The van der Waals surface area contributed by atoms with Crippen molar-refractivity contribution in [1.29, 1.82) is 0 Å². The summed E-state index contributed by atoms with van der Waals surface area (Å²) in [5.41, 5.74) is 13.5. The lowest BCUT2D eigenvalue weighted by Gasteiger charge is -2.31. The number of carbonyl (C=O) groups is 3. The smallest absolute Gasteiger partial charge is 0.252 e. The predicted molar refractivity (Wildman–Crippen MR) is 148 cm³/mol. The molecule has 6 N–H and O–H groups in total. The van der Waals surface area contributed by atoms with E-state index >= 15 is 0 Å². The highest BCUT2D eigenvalue weighted by Crippen LogP contribution is 2.15. The molecule has 0 aliphatic carbocycles. The first-order chi connectivity index (χ1) is 18.4. The van der Waals surface area contributed by atoms with Crippen LogP contribution in [0.15, 0.2) is 60.7 Å². The van der Waals surface area contributed by atoms with Gasteiger partial charge < -0.3 is 22.1 Å². The van der Waals surface area contributed by atoms with Gasteiger partial charge in [-0.15, -0.1) is 0 Å². The monoisotopic (exact) mass is 522 g/mol. The fourth-order valence-electron chi connectivity index (χ4n) is 4.17. The molecule has 0 unspecified atom stereocenters. The van der Waals surface area contributed by atoms with E-state index in [9.17, 15) is 19.2 Å². The molecular weight excluding hydrogens is 482 g/mol. The summed E-state index contributed by atoms with van der Waals surface area (Å²) in [5, 5.41) is 5.72. The van der Waals surface area contributed by atoms with Crippen LogP contribution < -0.4 is 22.1 Å². The Balaban J connectivity index is 2.28. The number of imide groups is 1. The number of carbonyl (C=O) groups excluding carboxylic acids is 4. The molecule has 0 fully saturated rings. The largest absolute Gasteiger partial charge is 0.343 e. The molecule has 38 heavy (non-hydrogen) atoms. The molecule has 0 saturated carbocycles. The number of hydrogen-bond acceptors (Lipinski definition) is 7. The molecule has 2 rings (SSSR count). The maximum atomic E-state index is 13.8. The number of benzene rings is 2. The number of nitrogens with two attached hydrogens (primary N) is 2. The van der Waals surface area contributed by atoms with Crippen molar-refractivity contribution < 1.29 is 19.2 Å². The Morgan fingerprint density at radius 2 is 1.53 bits per heavy atom. The zero-order valence-corrected chi connectivity index (χ0v) is 22.1. The van der Waals surface area contributed by atoms with Crippen LogP contribution in [0.1, 0.15) is 43.2 Å². The SMILES string of the molecule is CNCCCC(=O)N(C(=O)[C@H](CCCCN)NC(=O)[C@@H](N)Cc1ccccc1)[C@H]([C]=O)Cc1ccccc1. The third-order valence-electron chi connectivity index (χ3n) is 6.24. The van der Waals surface area contributed by atoms with Gasteiger partial charge in [0.05, 0.1) is 6.04 Å². The first kappa shape index (κ1) is 30.8. The van der Waals surface area contributed by atoms with E-state index in [1.807, 2.05) is 66.9 Å². The number of nitrogens with zero attached hydrogens (tertiary/aromatic N) is 1. The lowest BCUT2D eigenvalue weighted by atomic mass is 10.0. The summed E-state index contributed by atoms with van der Waals surface area (Å²) >= 11 is 0. The maximum absolute atomic E-state index is 13.8. The molecule has 0 spiro atoms. The molecule has 0 saturated heterocycles. The highest BCUT2D eigenvalue weighted by molar-refractivity contribution is 6.01. The van der Waals surface area contributed by atoms with Crippen molar-refractivity contribution in [2.45, 2.75) is 63.1 Å². The maximum Gasteiger partial charge on any atom is 0.252 e. The van der Waals surface area contributed by atoms with Gasteiger partial charge in [-0.3, -0.25) is 24.1 Å². The van der Waals surface area contributed by atoms with E-state index < -0.39 is 35.8 Å². The summed E-state index contributed by atoms with van der Waals surface area (Å²) in [6, 6.07) is 15.4. The molecule has 205 valence electrons. The van der Waals surface area contributed by atoms with Crippen LogP contribution >= 0.6 is 0 Å². The van der Waals surface area contributed by atoms with E-state index in [2.05, 4.69) is 10.6 Å². The molecular formula is C29H40N5O4. The Morgan fingerprint density at radius 1 is 0.921 bits per heavy atom. The molecule has 9 nitrogen and oxygen atoms in total. The second kappa shape index (κ2) is 17.2. The van der Waals surface area contributed by atoms with Crippen molar-refractivity contribution in [3.63, 3.8) is 0 Å². The third kappa shape index (κ3) is 10.2. The topological polar surface area (TPSA) is 148 Å². The van der Waals surface area contributed by atoms with Crippen LogP contribution in [-0.4, -0.2) is 67.2 Å². The first-order valence-electron chi connectivity index (χ1n) is 13.1. The van der Waals surface area contributed by atoms with Gasteiger partial charge in [0.25, 0.3) is 5.91 Å². The standard InChI is InChI=1S/C29H40N5O4/c1-32-18-10-16-27(36)34(24(21-35)19-22-11-4-2-5-12-22)29(38)26(15-8-9-17-30)33-28(37)25(31)20-23-13-6-3-7-14-23/h2-7,11-14,24-26,32H,8-10,15-20,30-31H2,1H3,(H,33,37)/t24-,25-,26-/m0/s1. The van der Waals surface area contributed by atoms with Crippen molar-refractivity contribution in [3.8, 4) is 0 Å². The summed E-state index contributed by atoms with van der Waals surface area (Å²) in [6.45, 7) is 1.00. The van der Waals surface area contributed by atoms with Gasteiger partial charge in [0.15, 0.2) is 0 Å². The second-order valence-electron chi connectivity index (χ2n) is 9.27. The molecule has 9 heteroatoms. The first-order valence-corrected chi connectivity index (χ1v) is 13.1. The van der Waals surface area contributed by atoms with Gasteiger partial charge in [0.2, 0.25) is 18.1 Å². The molecule has 2 aromatic rings. The van der Waals surface area contributed by atoms with Gasteiger partial charge in [-0.05, 0) is 63.4 Å². The van der Waals surface area contributed by atoms with E-state index in [0.717, 1.165) is 16.0 Å². The van der Waals surface area contributed by atoms with E-state index in [1.54, 1.807) is 7.05 Å².